The van der Waals surface area contributed by atoms with Crippen molar-refractivity contribution in [1.82, 2.24) is 10.3 Å². The zero-order valence-corrected chi connectivity index (χ0v) is 19.6. The predicted octanol–water partition coefficient (Wildman–Crippen LogP) is 4.42. The van der Waals surface area contributed by atoms with E-state index in [9.17, 15) is 14.4 Å². The van der Waals surface area contributed by atoms with Crippen LogP contribution < -0.4 is 10.6 Å². The van der Waals surface area contributed by atoms with E-state index in [1.54, 1.807) is 6.20 Å². The molecule has 0 aliphatic heterocycles. The number of hydrogen-bond donors (Lipinski definition) is 3. The third-order valence-electron chi connectivity index (χ3n) is 5.69. The van der Waals surface area contributed by atoms with Gasteiger partial charge in [-0.3, -0.25) is 10.1 Å². The minimum atomic E-state index is -1.33. The summed E-state index contributed by atoms with van der Waals surface area (Å²) in [4.78, 5) is 40.5. The first-order valence-electron chi connectivity index (χ1n) is 10.9. The first kappa shape index (κ1) is 23.4. The van der Waals surface area contributed by atoms with Gasteiger partial charge in [-0.2, -0.15) is 0 Å². The summed E-state index contributed by atoms with van der Waals surface area (Å²) in [6.07, 6.45) is 1.48. The third kappa shape index (κ3) is 5.09. The van der Waals surface area contributed by atoms with Crippen molar-refractivity contribution < 1.29 is 24.2 Å². The van der Waals surface area contributed by atoms with Gasteiger partial charge in [0.25, 0.3) is 0 Å². The molecule has 3 aromatic rings. The van der Waals surface area contributed by atoms with Crippen molar-refractivity contribution in [1.29, 1.82) is 0 Å². The molecule has 2 amide bonds. The molecule has 0 fully saturated rings. The Morgan fingerprint density at radius 3 is 2.29 bits per heavy atom. The van der Waals surface area contributed by atoms with Gasteiger partial charge in [-0.15, -0.1) is 11.3 Å². The van der Waals surface area contributed by atoms with E-state index in [-0.39, 0.29) is 24.9 Å². The Bertz CT molecular complexity index is 1190. The highest BCUT2D eigenvalue weighted by molar-refractivity contribution is 7.15. The number of carbonyl (C=O) groups is 3. The maximum Gasteiger partial charge on any atom is 0.413 e. The smallest absolute Gasteiger partial charge is 0.413 e. The molecule has 8 nitrogen and oxygen atoms in total. The second kappa shape index (κ2) is 9.64. The Morgan fingerprint density at radius 2 is 1.68 bits per heavy atom. The lowest BCUT2D eigenvalue weighted by atomic mass is 9.98. The second-order valence-corrected chi connectivity index (χ2v) is 9.68. The molecule has 0 saturated heterocycles. The number of carbonyl (C=O) groups excluding carboxylic acids is 2. The van der Waals surface area contributed by atoms with Crippen molar-refractivity contribution in [2.45, 2.75) is 38.1 Å². The lowest BCUT2D eigenvalue weighted by Crippen LogP contribution is -2.49. The quantitative estimate of drug-likeness (QED) is 0.440. The fourth-order valence-corrected chi connectivity index (χ4v) is 4.70. The molecule has 0 radical (unpaired) electrons. The highest BCUT2D eigenvalue weighted by Gasteiger charge is 2.30. The minimum Gasteiger partial charge on any atom is -0.480 e. The fourth-order valence-electron chi connectivity index (χ4n) is 3.90. The van der Waals surface area contributed by atoms with E-state index in [0.29, 0.717) is 11.6 Å². The number of nitrogens with one attached hydrogen (secondary N) is 2. The first-order valence-corrected chi connectivity index (χ1v) is 11.7. The molecular formula is C25H25N3O5S. The molecule has 0 spiro atoms. The van der Waals surface area contributed by atoms with Crippen LogP contribution in [0.25, 0.3) is 11.1 Å². The van der Waals surface area contributed by atoms with E-state index in [1.165, 1.54) is 25.2 Å². The SMILES string of the molecule is CC(C)(NC(=O)CCc1cnc(NC(=O)OCC2c3ccccc3-c3ccccc32)s1)C(=O)O. The Morgan fingerprint density at radius 1 is 1.06 bits per heavy atom. The topological polar surface area (TPSA) is 118 Å². The predicted molar refractivity (Wildman–Crippen MR) is 129 cm³/mol. The normalized spacial score (nSPS) is 12.5. The number of carboxylic acids is 1. The van der Waals surface area contributed by atoms with Crippen molar-refractivity contribution in [3.63, 3.8) is 0 Å². The number of nitrogens with zero attached hydrogens (tertiary/aromatic N) is 1. The molecule has 34 heavy (non-hydrogen) atoms. The van der Waals surface area contributed by atoms with Crippen LogP contribution in [0.15, 0.2) is 54.7 Å². The minimum absolute atomic E-state index is 0.0291. The number of fused-ring (bicyclic) bond motifs is 3. The van der Waals surface area contributed by atoms with Crippen molar-refractivity contribution in [3.8, 4) is 11.1 Å². The number of anilines is 1. The number of rotatable bonds is 8. The van der Waals surface area contributed by atoms with Crippen molar-refractivity contribution >= 4 is 34.4 Å². The number of benzene rings is 2. The maximum atomic E-state index is 12.4. The molecular weight excluding hydrogens is 454 g/mol. The van der Waals surface area contributed by atoms with Crippen LogP contribution in [0.2, 0.25) is 0 Å². The van der Waals surface area contributed by atoms with E-state index < -0.39 is 17.6 Å². The Kier molecular flexibility index (Phi) is 6.65. The highest BCUT2D eigenvalue weighted by atomic mass is 32.1. The zero-order valence-electron chi connectivity index (χ0n) is 18.8. The molecule has 176 valence electrons. The lowest BCUT2D eigenvalue weighted by molar-refractivity contribution is -0.146. The molecule has 1 aliphatic carbocycles. The van der Waals surface area contributed by atoms with Crippen molar-refractivity contribution in [2.75, 3.05) is 11.9 Å². The van der Waals surface area contributed by atoms with Crippen LogP contribution in [0.1, 0.15) is 42.2 Å². The van der Waals surface area contributed by atoms with Gasteiger partial charge in [-0.05, 0) is 42.5 Å². The van der Waals surface area contributed by atoms with E-state index in [4.69, 9.17) is 9.84 Å². The first-order chi connectivity index (χ1) is 16.2. The number of amides is 2. The van der Waals surface area contributed by atoms with Gasteiger partial charge in [-0.1, -0.05) is 48.5 Å². The Labute approximate surface area is 201 Å². The largest absolute Gasteiger partial charge is 0.480 e. The van der Waals surface area contributed by atoms with Gasteiger partial charge >= 0.3 is 12.1 Å². The van der Waals surface area contributed by atoms with Gasteiger partial charge in [0.2, 0.25) is 5.91 Å². The van der Waals surface area contributed by atoms with Gasteiger partial charge in [0.1, 0.15) is 12.1 Å². The lowest BCUT2D eigenvalue weighted by Gasteiger charge is -2.20. The Balaban J connectivity index is 1.30. The van der Waals surface area contributed by atoms with Crippen LogP contribution >= 0.6 is 11.3 Å². The molecule has 0 unspecified atom stereocenters. The van der Waals surface area contributed by atoms with Gasteiger partial charge in [0.05, 0.1) is 0 Å². The third-order valence-corrected chi connectivity index (χ3v) is 6.66. The summed E-state index contributed by atoms with van der Waals surface area (Å²) in [5, 5.41) is 14.6. The van der Waals surface area contributed by atoms with Crippen LogP contribution in [0.5, 0.6) is 0 Å². The average Bonchev–Trinajstić information content (AvgIpc) is 3.38. The summed E-state index contributed by atoms with van der Waals surface area (Å²) >= 11 is 1.24. The standard InChI is InChI=1S/C25H25N3O5S/c1-25(2,22(30)31)28-21(29)12-11-15-13-26-23(34-15)27-24(32)33-14-20-18-9-5-3-7-16(18)17-8-4-6-10-19(17)20/h3-10,13,20H,11-12,14H2,1-2H3,(H,28,29)(H,30,31)(H,26,27,32). The summed E-state index contributed by atoms with van der Waals surface area (Å²) < 4.78 is 5.53. The molecule has 2 aromatic carbocycles. The number of thiazole rings is 1. The molecule has 9 heteroatoms. The number of aromatic nitrogens is 1. The summed E-state index contributed by atoms with van der Waals surface area (Å²) in [6, 6.07) is 16.2. The molecule has 0 atom stereocenters. The fraction of sp³-hybridized carbons (Fsp3) is 0.280. The number of hydrogen-bond acceptors (Lipinski definition) is 6. The molecule has 3 N–H and O–H groups in total. The van der Waals surface area contributed by atoms with Crippen molar-refractivity contribution in [2.24, 2.45) is 0 Å². The number of aliphatic carboxylic acids is 1. The van der Waals surface area contributed by atoms with E-state index in [1.807, 2.05) is 24.3 Å². The summed E-state index contributed by atoms with van der Waals surface area (Å²) in [5.41, 5.74) is 3.26. The highest BCUT2D eigenvalue weighted by Crippen LogP contribution is 2.44. The van der Waals surface area contributed by atoms with Crippen LogP contribution in [0.4, 0.5) is 9.93 Å². The molecule has 1 heterocycles. The van der Waals surface area contributed by atoms with Crippen LogP contribution in [0.3, 0.4) is 0 Å². The molecule has 1 aromatic heterocycles. The molecule has 0 saturated carbocycles. The van der Waals surface area contributed by atoms with Crippen LogP contribution in [-0.2, 0) is 20.7 Å². The molecule has 1 aliphatic rings. The van der Waals surface area contributed by atoms with Gasteiger partial charge in [0.15, 0.2) is 5.13 Å². The molecule has 4 rings (SSSR count). The van der Waals surface area contributed by atoms with Gasteiger partial charge in [-0.25, -0.2) is 14.6 Å². The van der Waals surface area contributed by atoms with Crippen LogP contribution in [-0.4, -0.2) is 40.2 Å². The zero-order chi connectivity index (χ0) is 24.3. The number of carboxylic acid groups (broad SMARTS) is 1. The number of aryl methyl sites for hydroxylation is 1. The summed E-state index contributed by atoms with van der Waals surface area (Å²) in [7, 11) is 0. The van der Waals surface area contributed by atoms with E-state index in [2.05, 4.69) is 39.9 Å². The van der Waals surface area contributed by atoms with E-state index >= 15 is 0 Å². The summed E-state index contributed by atoms with van der Waals surface area (Å²) in [5.74, 6) is -1.50. The second-order valence-electron chi connectivity index (χ2n) is 8.56. The molecule has 0 bridgehead atoms. The van der Waals surface area contributed by atoms with Crippen molar-refractivity contribution in [3.05, 3.63) is 70.7 Å². The monoisotopic (exact) mass is 479 g/mol. The van der Waals surface area contributed by atoms with Gasteiger partial charge in [0, 0.05) is 23.4 Å². The number of ether oxygens (including phenoxy) is 1. The summed E-state index contributed by atoms with van der Waals surface area (Å²) in [6.45, 7) is 3.06. The Hall–Kier alpha value is -3.72. The average molecular weight is 480 g/mol. The van der Waals surface area contributed by atoms with Gasteiger partial charge < -0.3 is 15.2 Å². The van der Waals surface area contributed by atoms with E-state index in [0.717, 1.165) is 27.1 Å². The van der Waals surface area contributed by atoms with Crippen LogP contribution in [0, 0.1) is 0 Å². The maximum absolute atomic E-state index is 12.4.